The molecule has 0 aliphatic rings. The van der Waals surface area contributed by atoms with Crippen molar-refractivity contribution in [3.8, 4) is 5.75 Å². The molecule has 2 aromatic rings. The maximum absolute atomic E-state index is 10.5. The normalized spacial score (nSPS) is 10.9. The number of halogens is 1. The van der Waals surface area contributed by atoms with Crippen LogP contribution in [0.5, 0.6) is 5.75 Å². The van der Waals surface area contributed by atoms with Crippen LogP contribution in [-0.2, 0) is 10.4 Å². The number of hydrogen-bond acceptors (Lipinski definition) is 3. The Morgan fingerprint density at radius 2 is 1.71 bits per heavy atom. The maximum atomic E-state index is 10.5. The second kappa shape index (κ2) is 6.11. The molecule has 0 saturated carbocycles. The molecular weight excluding hydrogens is 335 g/mol. The first-order chi connectivity index (χ1) is 7.44. The molecule has 1 N–H and O–H groups in total. The second-order valence-corrected chi connectivity index (χ2v) is 5.10. The molecule has 0 unspecified atom stereocenters. The van der Waals surface area contributed by atoms with Crippen molar-refractivity contribution in [2.24, 2.45) is 0 Å². The van der Waals surface area contributed by atoms with Gasteiger partial charge in [0.05, 0.1) is 0 Å². The van der Waals surface area contributed by atoms with Crippen LogP contribution in [0.3, 0.4) is 0 Å². The Labute approximate surface area is 151 Å². The molecule has 0 spiro atoms. The Kier molecular flexibility index (Phi) is 5.60. The summed E-state index contributed by atoms with van der Waals surface area (Å²) in [6.07, 6.45) is 0. The summed E-state index contributed by atoms with van der Waals surface area (Å²) in [5, 5.41) is 1.77. The van der Waals surface area contributed by atoms with Crippen molar-refractivity contribution in [1.29, 1.82) is 0 Å². The van der Waals surface area contributed by atoms with Crippen molar-refractivity contribution in [2.75, 3.05) is 0 Å². The zero-order chi connectivity index (χ0) is 11.8. The molecule has 0 aromatic heterocycles. The Balaban J connectivity index is 0.00000144. The molecule has 2 rings (SSSR count). The van der Waals surface area contributed by atoms with E-state index >= 15 is 0 Å². The van der Waals surface area contributed by atoms with Crippen molar-refractivity contribution >= 4 is 37.1 Å². The van der Waals surface area contributed by atoms with Crippen LogP contribution in [0, 0.1) is 0 Å². The van der Waals surface area contributed by atoms with Gasteiger partial charge < -0.3 is 5.61 Å². The van der Waals surface area contributed by atoms with Gasteiger partial charge in [0.2, 0.25) is 0 Å². The van der Waals surface area contributed by atoms with Crippen LogP contribution in [0.2, 0.25) is 0 Å². The second-order valence-electron chi connectivity index (χ2n) is 3.16. The Morgan fingerprint density at radius 3 is 2.35 bits per heavy atom. The zero-order valence-corrected chi connectivity index (χ0v) is 14.4. The molecule has 0 bridgehead atoms. The van der Waals surface area contributed by atoms with Crippen molar-refractivity contribution < 1.29 is 70.0 Å². The number of hydrogen-bond donors (Lipinski definition) is 1. The number of rotatable bonds is 2. The summed E-state index contributed by atoms with van der Waals surface area (Å²) in [6.45, 7) is 0. The molecule has 17 heavy (non-hydrogen) atoms. The van der Waals surface area contributed by atoms with Crippen LogP contribution in [0.15, 0.2) is 40.9 Å². The minimum absolute atomic E-state index is 0. The predicted octanol–water partition coefficient (Wildman–Crippen LogP) is -0.0996. The third-order valence-electron chi connectivity index (χ3n) is 1.98. The van der Waals surface area contributed by atoms with E-state index in [0.717, 1.165) is 15.2 Å². The molecule has 0 radical (unpaired) electrons. The smallest absolute Gasteiger partial charge is 1.00 e. The van der Waals surface area contributed by atoms with E-state index in [9.17, 15) is 8.42 Å². The standard InChI is InChI=1S/C10H7BrO4S.K.H/c11-9-3-1-8-6-10(15-16(12,13)14)4-2-7(8)5-9;;/h1-6H,(H,12,13,14);;/q;+1;-1. The summed E-state index contributed by atoms with van der Waals surface area (Å²) in [7, 11) is -4.46. The van der Waals surface area contributed by atoms with Crippen LogP contribution in [0.25, 0.3) is 10.8 Å². The molecule has 0 amide bonds. The Morgan fingerprint density at radius 1 is 1.12 bits per heavy atom. The molecule has 7 heteroatoms. The minimum atomic E-state index is -4.46. The fourth-order valence-electron chi connectivity index (χ4n) is 1.37. The number of fused-ring (bicyclic) bond motifs is 1. The van der Waals surface area contributed by atoms with Crippen molar-refractivity contribution in [3.63, 3.8) is 0 Å². The summed E-state index contributed by atoms with van der Waals surface area (Å²) >= 11 is 3.33. The van der Waals surface area contributed by atoms with Crippen LogP contribution in [0.1, 0.15) is 1.43 Å². The monoisotopic (exact) mass is 342 g/mol. The fraction of sp³-hybridized carbons (Fsp3) is 0. The van der Waals surface area contributed by atoms with E-state index in [-0.39, 0.29) is 58.6 Å². The van der Waals surface area contributed by atoms with Crippen LogP contribution in [-0.4, -0.2) is 13.0 Å². The van der Waals surface area contributed by atoms with E-state index in [2.05, 4.69) is 20.1 Å². The Hall–Kier alpha value is 0.526. The quantitative estimate of drug-likeness (QED) is 0.611. The van der Waals surface area contributed by atoms with Gasteiger partial charge in [0.1, 0.15) is 5.75 Å². The van der Waals surface area contributed by atoms with Gasteiger partial charge in [-0.15, -0.1) is 0 Å². The van der Waals surface area contributed by atoms with Gasteiger partial charge in [-0.3, -0.25) is 4.55 Å². The molecule has 86 valence electrons. The molecule has 0 fully saturated rings. The number of benzene rings is 2. The van der Waals surface area contributed by atoms with Gasteiger partial charge in [-0.25, -0.2) is 0 Å². The van der Waals surface area contributed by atoms with Gasteiger partial charge in [0.15, 0.2) is 0 Å². The van der Waals surface area contributed by atoms with Crippen molar-refractivity contribution in [1.82, 2.24) is 0 Å². The summed E-state index contributed by atoms with van der Waals surface area (Å²) < 4.78 is 34.9. The van der Waals surface area contributed by atoms with Gasteiger partial charge in [-0.1, -0.05) is 28.1 Å². The van der Waals surface area contributed by atoms with Crippen LogP contribution < -0.4 is 55.6 Å². The largest absolute Gasteiger partial charge is 1.00 e. The van der Waals surface area contributed by atoms with Crippen LogP contribution in [0.4, 0.5) is 0 Å². The summed E-state index contributed by atoms with van der Waals surface area (Å²) in [5.41, 5.74) is 0. The van der Waals surface area contributed by atoms with Gasteiger partial charge in [0.25, 0.3) is 0 Å². The Bertz CT molecular complexity index is 647. The van der Waals surface area contributed by atoms with Gasteiger partial charge in [-0.05, 0) is 35.0 Å². The van der Waals surface area contributed by atoms with Gasteiger partial charge >= 0.3 is 61.8 Å². The summed E-state index contributed by atoms with van der Waals surface area (Å²) in [6, 6.07) is 10.3. The van der Waals surface area contributed by atoms with Gasteiger partial charge in [0, 0.05) is 4.47 Å². The molecule has 0 aliphatic heterocycles. The molecule has 0 atom stereocenters. The third-order valence-corrected chi connectivity index (χ3v) is 2.87. The molecule has 0 saturated heterocycles. The van der Waals surface area contributed by atoms with Crippen LogP contribution >= 0.6 is 15.9 Å². The molecule has 0 heterocycles. The molecule has 0 aliphatic carbocycles. The van der Waals surface area contributed by atoms with Crippen molar-refractivity contribution in [3.05, 3.63) is 40.9 Å². The van der Waals surface area contributed by atoms with E-state index < -0.39 is 10.4 Å². The van der Waals surface area contributed by atoms with E-state index in [1.807, 2.05) is 18.2 Å². The predicted molar refractivity (Wildman–Crippen MR) is 64.9 cm³/mol. The van der Waals surface area contributed by atoms with Crippen molar-refractivity contribution in [2.45, 2.75) is 0 Å². The molecular formula is C10H8BrKO4S. The van der Waals surface area contributed by atoms with E-state index in [4.69, 9.17) is 4.55 Å². The van der Waals surface area contributed by atoms with E-state index in [1.165, 1.54) is 12.1 Å². The van der Waals surface area contributed by atoms with E-state index in [1.54, 1.807) is 6.07 Å². The first-order valence-electron chi connectivity index (χ1n) is 4.30. The SMILES string of the molecule is O=S(=O)(O)Oc1ccc2cc(Br)ccc2c1.[H-].[K+]. The minimum Gasteiger partial charge on any atom is -1.00 e. The molecule has 2 aromatic carbocycles. The fourth-order valence-corrected chi connectivity index (χ4v) is 2.09. The topological polar surface area (TPSA) is 63.6 Å². The first kappa shape index (κ1) is 15.6. The summed E-state index contributed by atoms with van der Waals surface area (Å²) in [4.78, 5) is 0. The molecule has 4 nitrogen and oxygen atoms in total. The average Bonchev–Trinajstić information content (AvgIpc) is 2.16. The maximum Gasteiger partial charge on any atom is 1.00 e. The first-order valence-corrected chi connectivity index (χ1v) is 6.46. The average molecular weight is 343 g/mol. The van der Waals surface area contributed by atoms with E-state index in [0.29, 0.717) is 0 Å². The zero-order valence-electron chi connectivity index (χ0n) is 9.92. The van der Waals surface area contributed by atoms with Gasteiger partial charge in [-0.2, -0.15) is 8.42 Å². The summed E-state index contributed by atoms with van der Waals surface area (Å²) in [5.74, 6) is 0.0809. The third kappa shape index (κ3) is 4.60.